The first kappa shape index (κ1) is 21.8. The van der Waals surface area contributed by atoms with Gasteiger partial charge in [0, 0.05) is 23.2 Å². The maximum Gasteiger partial charge on any atom is 0.262 e. The average molecular weight is 483 g/mol. The van der Waals surface area contributed by atoms with Gasteiger partial charge in [0.25, 0.3) is 5.91 Å². The molecule has 0 saturated carbocycles. The lowest BCUT2D eigenvalue weighted by atomic mass is 10.1. The van der Waals surface area contributed by atoms with E-state index in [2.05, 4.69) is 21.2 Å². The van der Waals surface area contributed by atoms with E-state index in [4.69, 9.17) is 9.47 Å². The first-order chi connectivity index (χ1) is 13.8. The topological polar surface area (TPSA) is 84.9 Å². The van der Waals surface area contributed by atoms with Crippen LogP contribution in [0.4, 0.5) is 5.69 Å². The number of nitrogens with one attached hydrogen (secondary N) is 1. The third-order valence-electron chi connectivity index (χ3n) is 4.52. The smallest absolute Gasteiger partial charge is 0.262 e. The van der Waals surface area contributed by atoms with Gasteiger partial charge < -0.3 is 14.8 Å². The van der Waals surface area contributed by atoms with E-state index in [0.29, 0.717) is 37.7 Å². The van der Waals surface area contributed by atoms with E-state index in [0.717, 1.165) is 15.6 Å². The Bertz CT molecular complexity index is 963. The highest BCUT2D eigenvalue weighted by atomic mass is 79.9. The summed E-state index contributed by atoms with van der Waals surface area (Å²) in [6.45, 7) is 5.16. The van der Waals surface area contributed by atoms with Gasteiger partial charge in [-0.15, -0.1) is 0 Å². The van der Waals surface area contributed by atoms with Crippen LogP contribution in [0.25, 0.3) is 0 Å². The van der Waals surface area contributed by atoms with Crippen molar-refractivity contribution in [3.8, 4) is 5.75 Å². The molecule has 1 saturated heterocycles. The summed E-state index contributed by atoms with van der Waals surface area (Å²) in [7, 11) is -3.55. The van der Waals surface area contributed by atoms with E-state index in [1.54, 1.807) is 12.1 Å². The molecule has 9 heteroatoms. The molecule has 1 amide bonds. The van der Waals surface area contributed by atoms with E-state index in [1.807, 2.05) is 26.0 Å². The number of halogens is 1. The first-order valence-corrected chi connectivity index (χ1v) is 11.4. The molecule has 1 N–H and O–H groups in total. The molecular weight excluding hydrogens is 460 g/mol. The highest BCUT2D eigenvalue weighted by Gasteiger charge is 2.26. The van der Waals surface area contributed by atoms with Crippen LogP contribution in [-0.2, 0) is 19.6 Å². The molecule has 0 radical (unpaired) electrons. The molecule has 1 fully saturated rings. The Labute approximate surface area is 179 Å². The van der Waals surface area contributed by atoms with Crippen LogP contribution in [0.2, 0.25) is 0 Å². The number of nitrogens with zero attached hydrogens (tertiary/aromatic N) is 1. The summed E-state index contributed by atoms with van der Waals surface area (Å²) in [5.41, 5.74) is 2.37. The highest BCUT2D eigenvalue weighted by molar-refractivity contribution is 9.10. The number of sulfonamides is 1. The zero-order chi connectivity index (χ0) is 21.0. The van der Waals surface area contributed by atoms with Crippen molar-refractivity contribution >= 4 is 37.5 Å². The minimum atomic E-state index is -3.55. The second kappa shape index (κ2) is 9.25. The van der Waals surface area contributed by atoms with Crippen LogP contribution < -0.4 is 10.1 Å². The number of benzene rings is 2. The SMILES string of the molecule is Cc1cc(Br)cc(C)c1OCC(=O)Nc1ccc(S(=O)(=O)N2CCOCC2)cc1. The van der Waals surface area contributed by atoms with Gasteiger partial charge in [0.1, 0.15) is 5.75 Å². The number of ether oxygens (including phenoxy) is 2. The van der Waals surface area contributed by atoms with E-state index in [-0.39, 0.29) is 17.4 Å². The predicted octanol–water partition coefficient (Wildman–Crippen LogP) is 3.10. The van der Waals surface area contributed by atoms with Gasteiger partial charge in [0.05, 0.1) is 18.1 Å². The van der Waals surface area contributed by atoms with Gasteiger partial charge in [-0.25, -0.2) is 8.42 Å². The second-order valence-corrected chi connectivity index (χ2v) is 9.60. The minimum absolute atomic E-state index is 0.142. The van der Waals surface area contributed by atoms with Crippen molar-refractivity contribution in [1.29, 1.82) is 0 Å². The van der Waals surface area contributed by atoms with Gasteiger partial charge in [0.2, 0.25) is 10.0 Å². The molecule has 1 aliphatic rings. The third-order valence-corrected chi connectivity index (χ3v) is 6.89. The molecule has 2 aromatic carbocycles. The third kappa shape index (κ3) is 5.36. The number of carbonyl (C=O) groups is 1. The quantitative estimate of drug-likeness (QED) is 0.683. The van der Waals surface area contributed by atoms with Crippen molar-refractivity contribution in [3.63, 3.8) is 0 Å². The number of morpholine rings is 1. The van der Waals surface area contributed by atoms with Gasteiger partial charge in [-0.2, -0.15) is 4.31 Å². The maximum absolute atomic E-state index is 12.6. The first-order valence-electron chi connectivity index (χ1n) is 9.15. The number of carbonyl (C=O) groups excluding carboxylic acids is 1. The Morgan fingerprint density at radius 1 is 1.14 bits per heavy atom. The number of anilines is 1. The summed E-state index contributed by atoms with van der Waals surface area (Å²) in [4.78, 5) is 12.4. The Morgan fingerprint density at radius 3 is 2.31 bits per heavy atom. The van der Waals surface area contributed by atoms with Crippen molar-refractivity contribution in [1.82, 2.24) is 4.31 Å². The minimum Gasteiger partial charge on any atom is -0.483 e. The highest BCUT2D eigenvalue weighted by Crippen LogP contribution is 2.27. The van der Waals surface area contributed by atoms with Crippen molar-refractivity contribution in [2.75, 3.05) is 38.2 Å². The number of rotatable bonds is 6. The van der Waals surface area contributed by atoms with Crippen LogP contribution in [0.3, 0.4) is 0 Å². The normalized spacial score (nSPS) is 15.1. The van der Waals surface area contributed by atoms with E-state index in [9.17, 15) is 13.2 Å². The number of amides is 1. The zero-order valence-electron chi connectivity index (χ0n) is 16.3. The van der Waals surface area contributed by atoms with Crippen molar-refractivity contribution in [2.24, 2.45) is 0 Å². The van der Waals surface area contributed by atoms with E-state index in [1.165, 1.54) is 16.4 Å². The molecule has 0 aliphatic carbocycles. The van der Waals surface area contributed by atoms with Crippen LogP contribution in [0.15, 0.2) is 45.8 Å². The molecule has 0 unspecified atom stereocenters. The Kier molecular flexibility index (Phi) is 6.94. The van der Waals surface area contributed by atoms with Gasteiger partial charge in [0.15, 0.2) is 6.61 Å². The standard InChI is InChI=1S/C20H23BrN2O5S/c1-14-11-16(21)12-15(2)20(14)28-13-19(24)22-17-3-5-18(6-4-17)29(25,26)23-7-9-27-10-8-23/h3-6,11-12H,7-10,13H2,1-2H3,(H,22,24). The molecule has 1 heterocycles. The van der Waals surface area contributed by atoms with Gasteiger partial charge in [-0.1, -0.05) is 15.9 Å². The van der Waals surface area contributed by atoms with Gasteiger partial charge in [-0.05, 0) is 61.4 Å². The number of hydrogen-bond acceptors (Lipinski definition) is 5. The summed E-state index contributed by atoms with van der Waals surface area (Å²) in [6.07, 6.45) is 0. The summed E-state index contributed by atoms with van der Waals surface area (Å²) < 4.78 is 38.5. The lowest BCUT2D eigenvalue weighted by Crippen LogP contribution is -2.40. The Hall–Kier alpha value is -1.94. The van der Waals surface area contributed by atoms with E-state index >= 15 is 0 Å². The van der Waals surface area contributed by atoms with Crippen LogP contribution in [0.5, 0.6) is 5.75 Å². The van der Waals surface area contributed by atoms with Crippen LogP contribution in [0.1, 0.15) is 11.1 Å². The van der Waals surface area contributed by atoms with E-state index < -0.39 is 10.0 Å². The van der Waals surface area contributed by atoms with Crippen molar-refractivity contribution in [2.45, 2.75) is 18.7 Å². The molecule has 1 aliphatic heterocycles. The fourth-order valence-corrected chi connectivity index (χ4v) is 5.20. The Morgan fingerprint density at radius 2 is 1.72 bits per heavy atom. The summed E-state index contributed by atoms with van der Waals surface area (Å²) >= 11 is 3.43. The number of hydrogen-bond donors (Lipinski definition) is 1. The van der Waals surface area contributed by atoms with Crippen molar-refractivity contribution < 1.29 is 22.7 Å². The fourth-order valence-electron chi connectivity index (χ4n) is 3.11. The average Bonchev–Trinajstić information content (AvgIpc) is 2.68. The molecular formula is C20H23BrN2O5S. The Balaban J connectivity index is 1.60. The number of aryl methyl sites for hydroxylation is 2. The lowest BCUT2D eigenvalue weighted by Gasteiger charge is -2.26. The van der Waals surface area contributed by atoms with Crippen molar-refractivity contribution in [3.05, 3.63) is 52.0 Å². The molecule has 0 spiro atoms. The monoisotopic (exact) mass is 482 g/mol. The molecule has 0 atom stereocenters. The predicted molar refractivity (Wildman–Crippen MR) is 114 cm³/mol. The van der Waals surface area contributed by atoms with Gasteiger partial charge >= 0.3 is 0 Å². The van der Waals surface area contributed by atoms with Crippen LogP contribution in [0, 0.1) is 13.8 Å². The fraction of sp³-hybridized carbons (Fsp3) is 0.350. The zero-order valence-corrected chi connectivity index (χ0v) is 18.7. The van der Waals surface area contributed by atoms with Crippen LogP contribution >= 0.6 is 15.9 Å². The molecule has 0 aromatic heterocycles. The maximum atomic E-state index is 12.6. The molecule has 3 rings (SSSR count). The van der Waals surface area contributed by atoms with Gasteiger partial charge in [-0.3, -0.25) is 4.79 Å². The summed E-state index contributed by atoms with van der Waals surface area (Å²) in [5, 5.41) is 2.72. The molecule has 29 heavy (non-hydrogen) atoms. The summed E-state index contributed by atoms with van der Waals surface area (Å²) in [5.74, 6) is 0.353. The molecule has 7 nitrogen and oxygen atoms in total. The molecule has 2 aromatic rings. The molecule has 0 bridgehead atoms. The summed E-state index contributed by atoms with van der Waals surface area (Å²) in [6, 6.07) is 9.97. The molecule has 156 valence electrons. The lowest BCUT2D eigenvalue weighted by molar-refractivity contribution is -0.118. The largest absolute Gasteiger partial charge is 0.483 e. The van der Waals surface area contributed by atoms with Crippen LogP contribution in [-0.4, -0.2) is 51.5 Å². The second-order valence-electron chi connectivity index (χ2n) is 6.75.